The topological polar surface area (TPSA) is 89.5 Å². The van der Waals surface area contributed by atoms with Gasteiger partial charge in [0.1, 0.15) is 23.8 Å². The van der Waals surface area contributed by atoms with Gasteiger partial charge in [0.25, 0.3) is 0 Å². The van der Waals surface area contributed by atoms with E-state index in [9.17, 15) is 5.11 Å². The smallest absolute Gasteiger partial charge is 0.166 e. The Morgan fingerprint density at radius 2 is 2.23 bits per heavy atom. The summed E-state index contributed by atoms with van der Waals surface area (Å²) in [5.41, 5.74) is 1.97. The molecule has 3 aliphatic rings. The molecule has 0 fully saturated rings. The van der Waals surface area contributed by atoms with Crippen LogP contribution in [0.15, 0.2) is 36.1 Å². The van der Waals surface area contributed by atoms with Gasteiger partial charge < -0.3 is 19.5 Å². The molecule has 0 saturated carbocycles. The van der Waals surface area contributed by atoms with Gasteiger partial charge in [-0.15, -0.1) is 0 Å². The second-order valence-electron chi connectivity index (χ2n) is 6.93. The Morgan fingerprint density at radius 1 is 1.42 bits per heavy atom. The molecule has 2 unspecified atom stereocenters. The summed E-state index contributed by atoms with van der Waals surface area (Å²) in [6, 6.07) is 7.76. The fraction of sp³-hybridized carbons (Fsp3) is 0.400. The molecule has 6 heteroatoms. The third-order valence-electron chi connectivity index (χ3n) is 5.54. The maximum Gasteiger partial charge on any atom is 0.166 e. The number of rotatable bonds is 2. The maximum atomic E-state index is 10.1. The Bertz CT molecular complexity index is 877. The quantitative estimate of drug-likeness (QED) is 0.650. The zero-order valence-electron chi connectivity index (χ0n) is 14.5. The van der Waals surface area contributed by atoms with Gasteiger partial charge in [-0.05, 0) is 18.1 Å². The molecule has 132 valence electrons. The van der Waals surface area contributed by atoms with Crippen molar-refractivity contribution in [3.05, 3.63) is 47.2 Å². The molecule has 6 nitrogen and oxygen atoms in total. The van der Waals surface area contributed by atoms with Crippen molar-refractivity contribution in [2.24, 2.45) is 0 Å². The number of benzene rings is 1. The maximum absolute atomic E-state index is 10.1. The zero-order valence-corrected chi connectivity index (χ0v) is 14.5. The predicted octanol–water partition coefficient (Wildman–Crippen LogP) is 2.15. The molecular formula is C20H19N3O3. The molecule has 2 heterocycles. The largest absolute Gasteiger partial charge is 0.493 e. The molecule has 0 radical (unpaired) electrons. The van der Waals surface area contributed by atoms with E-state index in [2.05, 4.69) is 6.08 Å². The number of aliphatic hydroxyl groups is 1. The molecule has 1 aromatic carbocycles. The number of allylic oxidation sites excluding steroid dienone is 1. The number of nitriles is 2. The minimum atomic E-state index is -0.516. The number of aliphatic hydroxyl groups excluding tert-OH is 1. The normalized spacial score (nSPS) is 27.9. The van der Waals surface area contributed by atoms with Crippen LogP contribution in [-0.2, 0) is 12.0 Å². The van der Waals surface area contributed by atoms with Crippen molar-refractivity contribution in [1.29, 1.82) is 10.5 Å². The van der Waals surface area contributed by atoms with Crippen molar-refractivity contribution in [3.8, 4) is 23.6 Å². The number of hydrogen-bond donors (Lipinski definition) is 1. The Balaban J connectivity index is 1.85. The fourth-order valence-electron chi connectivity index (χ4n) is 4.33. The second-order valence-corrected chi connectivity index (χ2v) is 6.93. The lowest BCUT2D eigenvalue weighted by Gasteiger charge is -2.35. The van der Waals surface area contributed by atoms with Crippen LogP contribution in [0.25, 0.3) is 0 Å². The van der Waals surface area contributed by atoms with Gasteiger partial charge in [0.05, 0.1) is 18.6 Å². The highest BCUT2D eigenvalue weighted by atomic mass is 16.5. The van der Waals surface area contributed by atoms with Crippen LogP contribution in [0.1, 0.15) is 24.0 Å². The van der Waals surface area contributed by atoms with Gasteiger partial charge in [-0.2, -0.15) is 10.5 Å². The van der Waals surface area contributed by atoms with E-state index < -0.39 is 6.10 Å². The standard InChI is InChI=1S/C20H19N3O3/c1-25-16-3-2-14-12-23(11-13(9-21)10-22)7-6-20-5-4-15(24)8-17(20)26-19(16)18(14)20/h2-5,11,15,17,24H,6-8,12H2,1H3/t15-,17?,20?/m0/s1. The van der Waals surface area contributed by atoms with Crippen molar-refractivity contribution < 1.29 is 14.6 Å². The van der Waals surface area contributed by atoms with Gasteiger partial charge >= 0.3 is 0 Å². The van der Waals surface area contributed by atoms with Gasteiger partial charge in [0.15, 0.2) is 11.5 Å². The lowest BCUT2D eigenvalue weighted by Crippen LogP contribution is -2.42. The summed E-state index contributed by atoms with van der Waals surface area (Å²) in [4.78, 5) is 2.01. The van der Waals surface area contributed by atoms with Crippen molar-refractivity contribution in [2.45, 2.75) is 37.0 Å². The van der Waals surface area contributed by atoms with Crippen LogP contribution in [0.3, 0.4) is 0 Å². The van der Waals surface area contributed by atoms with Gasteiger partial charge in [-0.1, -0.05) is 18.2 Å². The van der Waals surface area contributed by atoms with Crippen molar-refractivity contribution in [2.75, 3.05) is 13.7 Å². The van der Waals surface area contributed by atoms with E-state index in [-0.39, 0.29) is 17.1 Å². The Hall–Kier alpha value is -2.96. The summed E-state index contributed by atoms with van der Waals surface area (Å²) in [5.74, 6) is 1.44. The van der Waals surface area contributed by atoms with E-state index in [1.165, 1.54) is 0 Å². The van der Waals surface area contributed by atoms with Crippen LogP contribution in [0.2, 0.25) is 0 Å². The molecule has 4 rings (SSSR count). The van der Waals surface area contributed by atoms with Crippen LogP contribution in [0.5, 0.6) is 11.5 Å². The molecule has 1 aliphatic carbocycles. The summed E-state index contributed by atoms with van der Waals surface area (Å²) in [6.07, 6.45) is 6.19. The van der Waals surface area contributed by atoms with Crippen molar-refractivity contribution >= 4 is 0 Å². The SMILES string of the molecule is COc1ccc2c3c1OC1C[C@@H](O)C=CC31CCN(C=C(C#N)C#N)C2. The van der Waals surface area contributed by atoms with Gasteiger partial charge in [0, 0.05) is 31.3 Å². The van der Waals surface area contributed by atoms with E-state index >= 15 is 0 Å². The number of nitrogens with zero attached hydrogens (tertiary/aromatic N) is 3. The second kappa shape index (κ2) is 6.09. The third kappa shape index (κ3) is 2.34. The Labute approximate surface area is 152 Å². The lowest BCUT2D eigenvalue weighted by atomic mass is 9.69. The van der Waals surface area contributed by atoms with Gasteiger partial charge in [-0.25, -0.2) is 0 Å². The molecule has 26 heavy (non-hydrogen) atoms. The molecule has 1 spiro atoms. The molecule has 1 N–H and O–H groups in total. The Morgan fingerprint density at radius 3 is 2.96 bits per heavy atom. The summed E-state index contributed by atoms with van der Waals surface area (Å²) in [5, 5.41) is 28.2. The highest BCUT2D eigenvalue weighted by Crippen LogP contribution is 2.55. The molecule has 0 aromatic heterocycles. The fourth-order valence-corrected chi connectivity index (χ4v) is 4.33. The van der Waals surface area contributed by atoms with E-state index in [0.29, 0.717) is 25.3 Å². The van der Waals surface area contributed by atoms with Crippen LogP contribution in [-0.4, -0.2) is 35.9 Å². The molecule has 1 aromatic rings. The first-order valence-corrected chi connectivity index (χ1v) is 8.62. The summed E-state index contributed by atoms with van der Waals surface area (Å²) >= 11 is 0. The zero-order chi connectivity index (χ0) is 18.3. The Kier molecular flexibility index (Phi) is 3.86. The third-order valence-corrected chi connectivity index (χ3v) is 5.54. The molecular weight excluding hydrogens is 330 g/mol. The van der Waals surface area contributed by atoms with Crippen molar-refractivity contribution in [3.63, 3.8) is 0 Å². The monoisotopic (exact) mass is 349 g/mol. The summed E-state index contributed by atoms with van der Waals surface area (Å²) in [6.45, 7) is 1.27. The van der Waals surface area contributed by atoms with E-state index in [1.54, 1.807) is 13.3 Å². The highest BCUT2D eigenvalue weighted by Gasteiger charge is 2.52. The van der Waals surface area contributed by atoms with E-state index in [0.717, 1.165) is 23.3 Å². The minimum Gasteiger partial charge on any atom is -0.493 e. The van der Waals surface area contributed by atoms with Gasteiger partial charge in [-0.3, -0.25) is 0 Å². The van der Waals surface area contributed by atoms with Gasteiger partial charge in [0.2, 0.25) is 0 Å². The molecule has 3 atom stereocenters. The van der Waals surface area contributed by atoms with Crippen molar-refractivity contribution in [1.82, 2.24) is 4.90 Å². The number of ether oxygens (including phenoxy) is 2. The molecule has 0 bridgehead atoms. The number of hydrogen-bond acceptors (Lipinski definition) is 6. The molecule has 2 aliphatic heterocycles. The average molecular weight is 349 g/mol. The molecule has 0 amide bonds. The lowest BCUT2D eigenvalue weighted by molar-refractivity contribution is 0.0828. The minimum absolute atomic E-state index is 0.0932. The number of methoxy groups -OCH3 is 1. The van der Waals surface area contributed by atoms with Crippen LogP contribution in [0.4, 0.5) is 0 Å². The first-order valence-electron chi connectivity index (χ1n) is 8.62. The molecule has 0 saturated heterocycles. The summed E-state index contributed by atoms with van der Waals surface area (Å²) < 4.78 is 11.8. The highest BCUT2D eigenvalue weighted by molar-refractivity contribution is 5.61. The first kappa shape index (κ1) is 16.5. The van der Waals surface area contributed by atoms with E-state index in [4.69, 9.17) is 20.0 Å². The first-order chi connectivity index (χ1) is 12.6. The van der Waals surface area contributed by atoms with Crippen LogP contribution >= 0.6 is 0 Å². The average Bonchev–Trinajstić information content (AvgIpc) is 2.89. The predicted molar refractivity (Wildman–Crippen MR) is 93.2 cm³/mol. The summed E-state index contributed by atoms with van der Waals surface area (Å²) in [7, 11) is 1.62. The van der Waals surface area contributed by atoms with Crippen LogP contribution in [0, 0.1) is 22.7 Å². The van der Waals surface area contributed by atoms with Crippen LogP contribution < -0.4 is 9.47 Å². The van der Waals surface area contributed by atoms with E-state index in [1.807, 2.05) is 35.2 Å².